The third-order valence-electron chi connectivity index (χ3n) is 3.02. The van der Waals surface area contributed by atoms with Crippen LogP contribution in [-0.2, 0) is 10.8 Å². The van der Waals surface area contributed by atoms with Crippen molar-refractivity contribution in [2.75, 3.05) is 31.6 Å². The minimum Gasteiger partial charge on any atom is -0.311 e. The van der Waals surface area contributed by atoms with E-state index < -0.39 is 10.8 Å². The molecule has 1 aliphatic rings. The Morgan fingerprint density at radius 3 is 2.93 bits per heavy atom. The normalized spacial score (nSPS) is 27.5. The number of rotatable bonds is 5. The molecule has 3 unspecified atom stereocenters. The van der Waals surface area contributed by atoms with Crippen molar-refractivity contribution < 1.29 is 4.21 Å². The summed E-state index contributed by atoms with van der Waals surface area (Å²) in [6.07, 6.45) is 4.28. The Morgan fingerprint density at radius 1 is 1.60 bits per heavy atom. The number of hydrogen-bond donors (Lipinski definition) is 1. The summed E-state index contributed by atoms with van der Waals surface area (Å²) in [5.74, 6) is 0.804. The largest absolute Gasteiger partial charge is 0.311 e. The zero-order valence-electron chi connectivity index (χ0n) is 10.2. The van der Waals surface area contributed by atoms with E-state index in [0.29, 0.717) is 12.1 Å². The molecule has 15 heavy (non-hydrogen) atoms. The third-order valence-corrected chi connectivity index (χ3v) is 3.98. The van der Waals surface area contributed by atoms with Crippen LogP contribution in [0, 0.1) is 0 Å². The van der Waals surface area contributed by atoms with Crippen LogP contribution in [-0.4, -0.2) is 52.8 Å². The van der Waals surface area contributed by atoms with Crippen LogP contribution in [0.4, 0.5) is 0 Å². The van der Waals surface area contributed by atoms with E-state index in [1.807, 2.05) is 0 Å². The predicted molar refractivity (Wildman–Crippen MR) is 66.7 cm³/mol. The van der Waals surface area contributed by atoms with Gasteiger partial charge in [-0.25, -0.2) is 0 Å². The van der Waals surface area contributed by atoms with E-state index in [0.717, 1.165) is 25.4 Å². The summed E-state index contributed by atoms with van der Waals surface area (Å²) < 4.78 is 11.2. The highest BCUT2D eigenvalue weighted by Crippen LogP contribution is 2.09. The fourth-order valence-corrected chi connectivity index (χ4v) is 3.13. The summed E-state index contributed by atoms with van der Waals surface area (Å²) in [7, 11) is -0.674. The number of nitrogens with zero attached hydrogens (tertiary/aromatic N) is 1. The van der Waals surface area contributed by atoms with Gasteiger partial charge in [0.25, 0.3) is 0 Å². The van der Waals surface area contributed by atoms with Crippen molar-refractivity contribution in [2.45, 2.75) is 38.8 Å². The molecular weight excluding hydrogens is 208 g/mol. The second-order valence-corrected chi connectivity index (χ2v) is 6.00. The van der Waals surface area contributed by atoms with E-state index in [4.69, 9.17) is 0 Å². The van der Waals surface area contributed by atoms with E-state index in [1.54, 1.807) is 6.26 Å². The second-order valence-electron chi connectivity index (χ2n) is 4.52. The minimum atomic E-state index is -0.674. The van der Waals surface area contributed by atoms with Gasteiger partial charge in [-0.2, -0.15) is 0 Å². The van der Waals surface area contributed by atoms with Gasteiger partial charge in [0.15, 0.2) is 0 Å². The van der Waals surface area contributed by atoms with Crippen molar-refractivity contribution in [1.29, 1.82) is 0 Å². The van der Waals surface area contributed by atoms with Crippen molar-refractivity contribution >= 4 is 10.8 Å². The Bertz CT molecular complexity index is 209. The van der Waals surface area contributed by atoms with Gasteiger partial charge in [-0.05, 0) is 13.3 Å². The van der Waals surface area contributed by atoms with Crippen molar-refractivity contribution in [3.63, 3.8) is 0 Å². The average Bonchev–Trinajstić information content (AvgIpc) is 2.17. The van der Waals surface area contributed by atoms with Gasteiger partial charge < -0.3 is 5.32 Å². The minimum absolute atomic E-state index is 0.456. The maximum atomic E-state index is 11.2. The second kappa shape index (κ2) is 6.61. The van der Waals surface area contributed by atoms with Crippen molar-refractivity contribution in [3.8, 4) is 0 Å². The summed E-state index contributed by atoms with van der Waals surface area (Å²) in [6.45, 7) is 7.71. The molecule has 3 nitrogen and oxygen atoms in total. The molecule has 0 spiro atoms. The first-order valence-electron chi connectivity index (χ1n) is 5.91. The van der Waals surface area contributed by atoms with E-state index in [2.05, 4.69) is 24.1 Å². The van der Waals surface area contributed by atoms with E-state index in [1.165, 1.54) is 12.8 Å². The highest BCUT2D eigenvalue weighted by molar-refractivity contribution is 7.84. The van der Waals surface area contributed by atoms with Gasteiger partial charge >= 0.3 is 0 Å². The lowest BCUT2D eigenvalue weighted by atomic mass is 10.1. The summed E-state index contributed by atoms with van der Waals surface area (Å²) in [5, 5.41) is 3.54. The first kappa shape index (κ1) is 13.1. The van der Waals surface area contributed by atoms with Crippen molar-refractivity contribution in [3.05, 3.63) is 0 Å². The summed E-state index contributed by atoms with van der Waals surface area (Å²) in [6, 6.07) is 1.09. The zero-order chi connectivity index (χ0) is 11.3. The van der Waals surface area contributed by atoms with Crippen LogP contribution < -0.4 is 5.32 Å². The Morgan fingerprint density at radius 2 is 2.33 bits per heavy atom. The molecule has 0 bridgehead atoms. The van der Waals surface area contributed by atoms with Gasteiger partial charge in [0.2, 0.25) is 0 Å². The van der Waals surface area contributed by atoms with E-state index in [9.17, 15) is 4.21 Å². The molecule has 0 aromatic rings. The van der Waals surface area contributed by atoms with E-state index >= 15 is 0 Å². The molecule has 0 aliphatic carbocycles. The van der Waals surface area contributed by atoms with Crippen LogP contribution >= 0.6 is 0 Å². The molecular formula is C11H24N2OS. The molecule has 1 saturated heterocycles. The van der Waals surface area contributed by atoms with Gasteiger partial charge in [-0.3, -0.25) is 9.11 Å². The zero-order valence-corrected chi connectivity index (χ0v) is 11.0. The summed E-state index contributed by atoms with van der Waals surface area (Å²) >= 11 is 0. The molecule has 0 radical (unpaired) electrons. The Hall–Kier alpha value is 0.0700. The highest BCUT2D eigenvalue weighted by Gasteiger charge is 2.22. The lowest BCUT2D eigenvalue weighted by Crippen LogP contribution is -2.54. The maximum Gasteiger partial charge on any atom is 0.0385 e. The molecule has 3 atom stereocenters. The SMILES string of the molecule is CCCC1CN(C(C)CS(C)=O)CCN1. The van der Waals surface area contributed by atoms with Crippen molar-refractivity contribution in [1.82, 2.24) is 10.2 Å². The number of nitrogens with one attached hydrogen (secondary N) is 1. The number of hydrogen-bond acceptors (Lipinski definition) is 3. The molecule has 0 aromatic carbocycles. The average molecular weight is 232 g/mol. The van der Waals surface area contributed by atoms with Gasteiger partial charge in [-0.1, -0.05) is 13.3 Å². The van der Waals surface area contributed by atoms with E-state index in [-0.39, 0.29) is 0 Å². The first-order chi connectivity index (χ1) is 7.13. The van der Waals surface area contributed by atoms with Crippen LogP contribution in [0.2, 0.25) is 0 Å². The molecule has 1 rings (SSSR count). The number of piperazine rings is 1. The van der Waals surface area contributed by atoms with Crippen molar-refractivity contribution in [2.24, 2.45) is 0 Å². The molecule has 0 saturated carbocycles. The molecule has 1 heterocycles. The Labute approximate surface area is 96.1 Å². The van der Waals surface area contributed by atoms with Gasteiger partial charge in [0, 0.05) is 54.5 Å². The maximum absolute atomic E-state index is 11.2. The highest BCUT2D eigenvalue weighted by atomic mass is 32.2. The van der Waals surface area contributed by atoms with Gasteiger partial charge in [0.05, 0.1) is 0 Å². The van der Waals surface area contributed by atoms with Gasteiger partial charge in [-0.15, -0.1) is 0 Å². The quantitative estimate of drug-likeness (QED) is 0.762. The lowest BCUT2D eigenvalue weighted by molar-refractivity contribution is 0.159. The van der Waals surface area contributed by atoms with Crippen LogP contribution in [0.15, 0.2) is 0 Å². The summed E-state index contributed by atoms with van der Waals surface area (Å²) in [5.41, 5.74) is 0. The molecule has 1 N–H and O–H groups in total. The topological polar surface area (TPSA) is 32.3 Å². The lowest BCUT2D eigenvalue weighted by Gasteiger charge is -2.37. The molecule has 90 valence electrons. The monoisotopic (exact) mass is 232 g/mol. The Balaban J connectivity index is 2.37. The van der Waals surface area contributed by atoms with Gasteiger partial charge in [0.1, 0.15) is 0 Å². The van der Waals surface area contributed by atoms with Crippen LogP contribution in [0.5, 0.6) is 0 Å². The standard InChI is InChI=1S/C11H24N2OS/c1-4-5-11-8-13(7-6-12-11)10(2)9-15(3)14/h10-12H,4-9H2,1-3H3. The smallest absolute Gasteiger partial charge is 0.0385 e. The predicted octanol–water partition coefficient (Wildman–Crippen LogP) is 0.827. The fourth-order valence-electron chi connectivity index (χ4n) is 2.24. The van der Waals surface area contributed by atoms with Crippen LogP contribution in [0.1, 0.15) is 26.7 Å². The molecule has 0 amide bonds. The molecule has 4 heteroatoms. The first-order valence-corrected chi connectivity index (χ1v) is 7.63. The Kier molecular flexibility index (Phi) is 5.79. The summed E-state index contributed by atoms with van der Waals surface area (Å²) in [4.78, 5) is 2.47. The third kappa shape index (κ3) is 4.62. The molecule has 1 aliphatic heterocycles. The molecule has 0 aromatic heterocycles. The van der Waals surface area contributed by atoms with Crippen LogP contribution in [0.3, 0.4) is 0 Å². The molecule has 1 fully saturated rings. The fraction of sp³-hybridized carbons (Fsp3) is 1.00. The van der Waals surface area contributed by atoms with Crippen LogP contribution in [0.25, 0.3) is 0 Å².